The summed E-state index contributed by atoms with van der Waals surface area (Å²) in [6.45, 7) is 0. The molecule has 2 aromatic rings. The van der Waals surface area contributed by atoms with Crippen LogP contribution in [0.3, 0.4) is 0 Å². The Morgan fingerprint density at radius 3 is 2.70 bits per heavy atom. The maximum absolute atomic E-state index is 11.7. The Balaban J connectivity index is 2.44. The minimum Gasteiger partial charge on any atom is -0.477 e. The number of nitrogens with one attached hydrogen (secondary N) is 1. The summed E-state index contributed by atoms with van der Waals surface area (Å²) in [5.74, 6) is -1.36. The molecule has 2 rings (SSSR count). The molecule has 0 radical (unpaired) electrons. The molecule has 0 saturated carbocycles. The molecule has 23 heavy (non-hydrogen) atoms. The number of nitrogens with two attached hydrogens (primary N) is 1. The van der Waals surface area contributed by atoms with Crippen LogP contribution < -0.4 is 11.3 Å². The van der Waals surface area contributed by atoms with E-state index in [2.05, 4.69) is 15.0 Å². The van der Waals surface area contributed by atoms with Gasteiger partial charge < -0.3 is 10.8 Å². The second kappa shape index (κ2) is 7.41. The van der Waals surface area contributed by atoms with Crippen molar-refractivity contribution in [1.82, 2.24) is 9.97 Å². The maximum atomic E-state index is 11.7. The number of nitrogen functional groups attached to an aromatic ring is 1. The first kappa shape index (κ1) is 16.5. The molecule has 0 amide bonds. The molecule has 118 valence electrons. The molecule has 0 aliphatic carbocycles. The van der Waals surface area contributed by atoms with Crippen LogP contribution in [0.2, 0.25) is 0 Å². The molecule has 0 fully saturated rings. The third-order valence-electron chi connectivity index (χ3n) is 2.79. The summed E-state index contributed by atoms with van der Waals surface area (Å²) >= 11 is 1.19. The molecule has 0 atom stereocenters. The number of carboxylic acid groups (broad SMARTS) is 1. The lowest BCUT2D eigenvalue weighted by molar-refractivity contribution is -0.129. The summed E-state index contributed by atoms with van der Waals surface area (Å²) in [4.78, 5) is 33.4. The molecule has 1 aromatic heterocycles. The van der Waals surface area contributed by atoms with Gasteiger partial charge in [0, 0.05) is 0 Å². The molecule has 0 aliphatic heterocycles. The van der Waals surface area contributed by atoms with E-state index in [4.69, 9.17) is 5.73 Å². The fourth-order valence-electron chi connectivity index (χ4n) is 1.64. The monoisotopic (exact) mass is 330 g/mol. The highest BCUT2D eigenvalue weighted by Crippen LogP contribution is 2.18. The van der Waals surface area contributed by atoms with Crippen LogP contribution in [0.25, 0.3) is 6.08 Å². The highest BCUT2D eigenvalue weighted by molar-refractivity contribution is 7.98. The Kier molecular flexibility index (Phi) is 5.32. The van der Waals surface area contributed by atoms with E-state index in [1.165, 1.54) is 17.8 Å². The summed E-state index contributed by atoms with van der Waals surface area (Å²) in [5, 5.41) is 9.56. The van der Waals surface area contributed by atoms with Gasteiger partial charge >= 0.3 is 5.97 Å². The molecule has 0 spiro atoms. The summed E-state index contributed by atoms with van der Waals surface area (Å²) in [7, 11) is 0. The Bertz CT molecular complexity index is 828. The number of aromatic nitrogens is 2. The molecule has 7 nitrogen and oxygen atoms in total. The zero-order valence-electron chi connectivity index (χ0n) is 12.2. The van der Waals surface area contributed by atoms with Gasteiger partial charge in [0.25, 0.3) is 5.56 Å². The average molecular weight is 330 g/mol. The number of rotatable bonds is 5. The van der Waals surface area contributed by atoms with Gasteiger partial charge in [0.2, 0.25) is 0 Å². The van der Waals surface area contributed by atoms with Crippen LogP contribution in [0, 0.1) is 0 Å². The SMILES string of the molecule is CSc1nc(/N=C(/C=C/c2ccccc2)C(=O)O)c(N)c(=O)[nH]1. The van der Waals surface area contributed by atoms with Crippen molar-refractivity contribution in [2.24, 2.45) is 4.99 Å². The number of benzene rings is 1. The smallest absolute Gasteiger partial charge is 0.354 e. The van der Waals surface area contributed by atoms with Crippen molar-refractivity contribution in [3.63, 3.8) is 0 Å². The summed E-state index contributed by atoms with van der Waals surface area (Å²) < 4.78 is 0. The molecule has 1 aromatic carbocycles. The Hall–Kier alpha value is -2.87. The number of aliphatic carboxylic acids is 1. The predicted octanol–water partition coefficient (Wildman–Crippen LogP) is 1.94. The first-order valence-corrected chi connectivity index (χ1v) is 7.72. The number of hydrogen-bond acceptors (Lipinski definition) is 6. The average Bonchev–Trinajstić information content (AvgIpc) is 2.55. The fourth-order valence-corrected chi connectivity index (χ4v) is 2.01. The molecule has 1 heterocycles. The highest BCUT2D eigenvalue weighted by Gasteiger charge is 2.11. The van der Waals surface area contributed by atoms with Gasteiger partial charge in [-0.25, -0.2) is 14.8 Å². The number of thioether (sulfide) groups is 1. The summed E-state index contributed by atoms with van der Waals surface area (Å²) in [6.07, 6.45) is 4.65. The predicted molar refractivity (Wildman–Crippen MR) is 91.3 cm³/mol. The molecule has 0 saturated heterocycles. The van der Waals surface area contributed by atoms with Crippen LogP contribution in [0.5, 0.6) is 0 Å². The summed E-state index contributed by atoms with van der Waals surface area (Å²) in [5.41, 5.74) is 5.38. The molecular weight excluding hydrogens is 316 g/mol. The zero-order valence-corrected chi connectivity index (χ0v) is 13.0. The van der Waals surface area contributed by atoms with Gasteiger partial charge in [-0.15, -0.1) is 0 Å². The van der Waals surface area contributed by atoms with Crippen LogP contribution in [0.15, 0.2) is 51.4 Å². The zero-order chi connectivity index (χ0) is 16.8. The molecule has 0 bridgehead atoms. The Labute approximate surface area is 136 Å². The lowest BCUT2D eigenvalue weighted by Gasteiger charge is -2.02. The Morgan fingerprint density at radius 1 is 1.39 bits per heavy atom. The van der Waals surface area contributed by atoms with Crippen molar-refractivity contribution in [2.45, 2.75) is 5.16 Å². The van der Waals surface area contributed by atoms with Crippen LogP contribution in [0.4, 0.5) is 11.5 Å². The van der Waals surface area contributed by atoms with Crippen molar-refractivity contribution in [2.75, 3.05) is 12.0 Å². The number of H-pyrrole nitrogens is 1. The van der Waals surface area contributed by atoms with Crippen molar-refractivity contribution in [3.8, 4) is 0 Å². The topological polar surface area (TPSA) is 121 Å². The molecular formula is C15H14N4O3S. The van der Waals surface area contributed by atoms with E-state index in [0.717, 1.165) is 5.56 Å². The van der Waals surface area contributed by atoms with Gasteiger partial charge in [-0.05, 0) is 17.9 Å². The van der Waals surface area contributed by atoms with Crippen molar-refractivity contribution in [3.05, 3.63) is 52.3 Å². The minimum absolute atomic E-state index is 0.117. The highest BCUT2D eigenvalue weighted by atomic mass is 32.2. The quantitative estimate of drug-likeness (QED) is 0.437. The molecule has 4 N–H and O–H groups in total. The number of aromatic amines is 1. The van der Waals surface area contributed by atoms with E-state index in [-0.39, 0.29) is 17.2 Å². The van der Waals surface area contributed by atoms with E-state index in [9.17, 15) is 14.7 Å². The number of anilines is 1. The lowest BCUT2D eigenvalue weighted by Crippen LogP contribution is -2.15. The van der Waals surface area contributed by atoms with Gasteiger partial charge in [0.1, 0.15) is 5.69 Å². The normalized spacial score (nSPS) is 11.8. The molecule has 0 aliphatic rings. The maximum Gasteiger partial charge on any atom is 0.354 e. The van der Waals surface area contributed by atoms with Gasteiger partial charge in [-0.3, -0.25) is 9.78 Å². The van der Waals surface area contributed by atoms with Crippen molar-refractivity contribution >= 4 is 41.0 Å². The third kappa shape index (κ3) is 4.30. The van der Waals surface area contributed by atoms with E-state index in [0.29, 0.717) is 5.16 Å². The van der Waals surface area contributed by atoms with E-state index in [1.807, 2.05) is 30.3 Å². The first-order chi connectivity index (χ1) is 11.0. The van der Waals surface area contributed by atoms with Gasteiger partial charge in [-0.2, -0.15) is 0 Å². The van der Waals surface area contributed by atoms with Crippen LogP contribution in [-0.4, -0.2) is 33.0 Å². The number of carbonyl (C=O) groups is 1. The van der Waals surface area contributed by atoms with Gasteiger partial charge in [0.05, 0.1) is 0 Å². The number of aliphatic imine (C=N–C) groups is 1. The van der Waals surface area contributed by atoms with Gasteiger partial charge in [0.15, 0.2) is 16.7 Å². The van der Waals surface area contributed by atoms with Crippen LogP contribution in [-0.2, 0) is 4.79 Å². The van der Waals surface area contributed by atoms with Crippen molar-refractivity contribution in [1.29, 1.82) is 0 Å². The summed E-state index contributed by atoms with van der Waals surface area (Å²) in [6, 6.07) is 9.16. The second-order valence-electron chi connectivity index (χ2n) is 4.36. The van der Waals surface area contributed by atoms with Crippen LogP contribution in [0.1, 0.15) is 5.56 Å². The standard InChI is InChI=1S/C15H14N4O3S/c1-23-15-18-12(11(16)13(20)19-15)17-10(14(21)22)8-7-9-5-3-2-4-6-9/h2-8H,16H2,1H3,(H,21,22)(H,18,19,20)/b8-7+,17-10-. The van der Waals surface area contributed by atoms with E-state index < -0.39 is 11.5 Å². The number of hydrogen-bond donors (Lipinski definition) is 3. The second-order valence-corrected chi connectivity index (χ2v) is 5.15. The molecule has 8 heteroatoms. The van der Waals surface area contributed by atoms with E-state index >= 15 is 0 Å². The number of nitrogens with zero attached hydrogens (tertiary/aromatic N) is 2. The third-order valence-corrected chi connectivity index (χ3v) is 3.37. The van der Waals surface area contributed by atoms with Gasteiger partial charge in [-0.1, -0.05) is 48.2 Å². The minimum atomic E-state index is -1.25. The van der Waals surface area contributed by atoms with Crippen molar-refractivity contribution < 1.29 is 9.90 Å². The fraction of sp³-hybridized carbons (Fsp3) is 0.0667. The van der Waals surface area contributed by atoms with Crippen LogP contribution >= 0.6 is 11.8 Å². The largest absolute Gasteiger partial charge is 0.477 e. The molecule has 0 unspecified atom stereocenters. The first-order valence-electron chi connectivity index (χ1n) is 6.50. The van der Waals surface area contributed by atoms with E-state index in [1.54, 1.807) is 12.3 Å². The lowest BCUT2D eigenvalue weighted by atomic mass is 10.2. The Morgan fingerprint density at radius 2 is 2.09 bits per heavy atom. The number of carboxylic acids is 1.